The van der Waals surface area contributed by atoms with Gasteiger partial charge < -0.3 is 15.3 Å². The number of nitrogen functional groups attached to an aromatic ring is 1. The molecule has 4 N–H and O–H groups in total. The van der Waals surface area contributed by atoms with Crippen molar-refractivity contribution in [1.29, 1.82) is 0 Å². The van der Waals surface area contributed by atoms with E-state index in [2.05, 4.69) is 30.4 Å². The van der Waals surface area contributed by atoms with Crippen molar-refractivity contribution in [2.75, 3.05) is 5.43 Å². The molecule has 0 fully saturated rings. The molecule has 0 saturated carbocycles. The summed E-state index contributed by atoms with van der Waals surface area (Å²) < 4.78 is 4.54. The summed E-state index contributed by atoms with van der Waals surface area (Å²) in [6.07, 6.45) is 4.16. The minimum atomic E-state index is -0.301. The first-order chi connectivity index (χ1) is 8.31. The van der Waals surface area contributed by atoms with Crippen molar-refractivity contribution in [2.45, 2.75) is 6.54 Å². The third-order valence-corrected chi connectivity index (χ3v) is 2.04. The lowest BCUT2D eigenvalue weighted by Crippen LogP contribution is -2.25. The molecule has 0 bridgehead atoms. The van der Waals surface area contributed by atoms with Gasteiger partial charge in [0.1, 0.15) is 0 Å². The highest BCUT2D eigenvalue weighted by Gasteiger charge is 2.11. The van der Waals surface area contributed by atoms with Gasteiger partial charge in [0.25, 0.3) is 5.91 Å². The average Bonchev–Trinajstić information content (AvgIpc) is 2.89. The topological polar surface area (TPSA) is 119 Å². The summed E-state index contributed by atoms with van der Waals surface area (Å²) in [4.78, 5) is 19.4. The average molecular weight is 234 g/mol. The molecule has 2 heterocycles. The van der Waals surface area contributed by atoms with Crippen molar-refractivity contribution >= 4 is 11.6 Å². The fourth-order valence-corrected chi connectivity index (χ4v) is 1.23. The van der Waals surface area contributed by atoms with Gasteiger partial charge in [-0.15, -0.1) is 0 Å². The maximum absolute atomic E-state index is 11.8. The van der Waals surface area contributed by atoms with Crippen molar-refractivity contribution in [2.24, 2.45) is 5.84 Å². The number of amides is 1. The maximum Gasteiger partial charge on any atom is 0.253 e. The van der Waals surface area contributed by atoms with Gasteiger partial charge in [0.15, 0.2) is 5.82 Å². The number of aromatic nitrogens is 3. The lowest BCUT2D eigenvalue weighted by molar-refractivity contribution is 0.0950. The van der Waals surface area contributed by atoms with Gasteiger partial charge in [-0.2, -0.15) is 4.98 Å². The molecule has 0 atom stereocenters. The van der Waals surface area contributed by atoms with Gasteiger partial charge in [-0.1, -0.05) is 5.16 Å². The third-order valence-electron chi connectivity index (χ3n) is 2.04. The van der Waals surface area contributed by atoms with E-state index in [9.17, 15) is 4.79 Å². The fraction of sp³-hybridized carbons (Fsp3) is 0.111. The van der Waals surface area contributed by atoms with E-state index in [-0.39, 0.29) is 12.5 Å². The van der Waals surface area contributed by atoms with E-state index in [0.717, 1.165) is 0 Å². The summed E-state index contributed by atoms with van der Waals surface area (Å²) >= 11 is 0. The van der Waals surface area contributed by atoms with E-state index in [1.807, 2.05) is 0 Å². The summed E-state index contributed by atoms with van der Waals surface area (Å²) in [5.41, 5.74) is 3.23. The van der Waals surface area contributed by atoms with Crippen LogP contribution in [0.5, 0.6) is 0 Å². The number of hydrogen-bond donors (Lipinski definition) is 3. The molecule has 0 radical (unpaired) electrons. The first-order valence-electron chi connectivity index (χ1n) is 4.75. The largest absolute Gasteiger partial charge is 0.345 e. The number of carbonyl (C=O) groups is 1. The Morgan fingerprint density at radius 1 is 1.53 bits per heavy atom. The number of nitrogens with two attached hydrogens (primary N) is 1. The van der Waals surface area contributed by atoms with Crippen molar-refractivity contribution in [3.63, 3.8) is 0 Å². The molecule has 17 heavy (non-hydrogen) atoms. The minimum absolute atomic E-state index is 0.182. The van der Waals surface area contributed by atoms with Crippen LogP contribution in [0.4, 0.5) is 5.69 Å². The van der Waals surface area contributed by atoms with E-state index >= 15 is 0 Å². The molecule has 0 spiro atoms. The zero-order chi connectivity index (χ0) is 12.1. The van der Waals surface area contributed by atoms with Crippen LogP contribution in [0.1, 0.15) is 16.2 Å². The molecule has 2 rings (SSSR count). The number of hydrazine groups is 1. The molecule has 0 saturated heterocycles. The van der Waals surface area contributed by atoms with Gasteiger partial charge in [0.2, 0.25) is 6.39 Å². The SMILES string of the molecule is NNc1cnccc1C(=O)NCc1ncon1. The second-order valence-electron chi connectivity index (χ2n) is 3.10. The fourth-order valence-electron chi connectivity index (χ4n) is 1.23. The predicted octanol–water partition coefficient (Wildman–Crippen LogP) is -0.320. The number of nitrogens with zero attached hydrogens (tertiary/aromatic N) is 3. The summed E-state index contributed by atoms with van der Waals surface area (Å²) in [6.45, 7) is 0.182. The van der Waals surface area contributed by atoms with E-state index in [4.69, 9.17) is 5.84 Å². The van der Waals surface area contributed by atoms with E-state index in [1.165, 1.54) is 18.8 Å². The Bertz CT molecular complexity index is 498. The Balaban J connectivity index is 2.04. The number of anilines is 1. The van der Waals surface area contributed by atoms with Crippen molar-refractivity contribution < 1.29 is 9.32 Å². The molecular weight excluding hydrogens is 224 g/mol. The Hall–Kier alpha value is -2.48. The molecule has 0 aliphatic rings. The smallest absolute Gasteiger partial charge is 0.253 e. The van der Waals surface area contributed by atoms with Crippen molar-refractivity contribution in [3.05, 3.63) is 36.2 Å². The zero-order valence-corrected chi connectivity index (χ0v) is 8.75. The lowest BCUT2D eigenvalue weighted by Gasteiger charge is -2.07. The van der Waals surface area contributed by atoms with E-state index in [1.54, 1.807) is 6.07 Å². The quantitative estimate of drug-likeness (QED) is 0.490. The van der Waals surface area contributed by atoms with Gasteiger partial charge in [0, 0.05) is 6.20 Å². The Labute approximate surface area is 96.2 Å². The summed E-state index contributed by atoms with van der Waals surface area (Å²) in [6, 6.07) is 1.56. The van der Waals surface area contributed by atoms with Crippen LogP contribution in [-0.4, -0.2) is 21.0 Å². The molecule has 1 amide bonds. The normalized spacial score (nSPS) is 9.94. The predicted molar refractivity (Wildman–Crippen MR) is 57.5 cm³/mol. The molecule has 88 valence electrons. The van der Waals surface area contributed by atoms with Crippen molar-refractivity contribution in [3.8, 4) is 0 Å². The first-order valence-corrected chi connectivity index (χ1v) is 4.75. The molecule has 2 aromatic heterocycles. The number of carbonyl (C=O) groups excluding carboxylic acids is 1. The van der Waals surface area contributed by atoms with E-state index < -0.39 is 0 Å². The van der Waals surface area contributed by atoms with Gasteiger partial charge >= 0.3 is 0 Å². The summed E-state index contributed by atoms with van der Waals surface area (Å²) in [5, 5.41) is 6.20. The van der Waals surface area contributed by atoms with Crippen LogP contribution in [0.3, 0.4) is 0 Å². The van der Waals surface area contributed by atoms with Crippen LogP contribution in [0.15, 0.2) is 29.4 Å². The van der Waals surface area contributed by atoms with Gasteiger partial charge in [-0.25, -0.2) is 0 Å². The molecule has 8 heteroatoms. The number of pyridine rings is 1. The summed E-state index contributed by atoms with van der Waals surface area (Å²) in [5.74, 6) is 5.37. The highest BCUT2D eigenvalue weighted by molar-refractivity contribution is 5.99. The van der Waals surface area contributed by atoms with E-state index in [0.29, 0.717) is 17.1 Å². The van der Waals surface area contributed by atoms with Crippen molar-refractivity contribution in [1.82, 2.24) is 20.4 Å². The molecule has 8 nitrogen and oxygen atoms in total. The van der Waals surface area contributed by atoms with Gasteiger partial charge in [-0.05, 0) is 6.07 Å². The third kappa shape index (κ3) is 2.55. The first kappa shape index (κ1) is 11.0. The Kier molecular flexibility index (Phi) is 3.26. The van der Waals surface area contributed by atoms with Crippen LogP contribution in [-0.2, 0) is 6.54 Å². The second kappa shape index (κ2) is 5.03. The molecular formula is C9H10N6O2. The summed E-state index contributed by atoms with van der Waals surface area (Å²) in [7, 11) is 0. The molecule has 0 aromatic carbocycles. The van der Waals surface area contributed by atoms with Crippen LogP contribution >= 0.6 is 0 Å². The molecule has 2 aromatic rings. The maximum atomic E-state index is 11.8. The number of rotatable bonds is 4. The standard InChI is InChI=1S/C9H10N6O2/c10-14-7-3-11-2-1-6(7)9(16)12-4-8-13-5-17-15-8/h1-3,5,14H,4,10H2,(H,12,16). The monoisotopic (exact) mass is 234 g/mol. The highest BCUT2D eigenvalue weighted by atomic mass is 16.5. The number of hydrogen-bond acceptors (Lipinski definition) is 7. The second-order valence-corrected chi connectivity index (χ2v) is 3.10. The Morgan fingerprint density at radius 2 is 2.41 bits per heavy atom. The Morgan fingerprint density at radius 3 is 3.12 bits per heavy atom. The minimum Gasteiger partial charge on any atom is -0.345 e. The molecule has 0 unspecified atom stereocenters. The number of nitrogens with one attached hydrogen (secondary N) is 2. The lowest BCUT2D eigenvalue weighted by atomic mass is 10.2. The van der Waals surface area contributed by atoms with Gasteiger partial charge in [-0.3, -0.25) is 15.6 Å². The van der Waals surface area contributed by atoms with Crippen LogP contribution < -0.4 is 16.6 Å². The highest BCUT2D eigenvalue weighted by Crippen LogP contribution is 2.11. The van der Waals surface area contributed by atoms with Crippen LogP contribution in [0.25, 0.3) is 0 Å². The molecule has 0 aliphatic heterocycles. The zero-order valence-electron chi connectivity index (χ0n) is 8.75. The van der Waals surface area contributed by atoms with Crippen LogP contribution in [0.2, 0.25) is 0 Å². The van der Waals surface area contributed by atoms with Gasteiger partial charge in [0.05, 0.1) is 24.0 Å². The van der Waals surface area contributed by atoms with Crippen LogP contribution in [0, 0.1) is 0 Å². The molecule has 0 aliphatic carbocycles.